The number of nitrogens with one attached hydrogen (secondary N) is 1. The molecule has 1 aliphatic carbocycles. The van der Waals surface area contributed by atoms with Crippen molar-refractivity contribution in [2.45, 2.75) is 44.2 Å². The number of hydrogen-bond donors (Lipinski definition) is 1. The molecule has 1 aliphatic heterocycles. The van der Waals surface area contributed by atoms with Gasteiger partial charge in [-0.1, -0.05) is 35.7 Å². The molecule has 3 rings (SSSR count). The van der Waals surface area contributed by atoms with Crippen LogP contribution in [0.15, 0.2) is 18.2 Å². The van der Waals surface area contributed by atoms with Gasteiger partial charge in [-0.3, -0.25) is 4.90 Å². The van der Waals surface area contributed by atoms with Gasteiger partial charge in [0.05, 0.1) is 0 Å². The predicted molar refractivity (Wildman–Crippen MR) is 90.2 cm³/mol. The summed E-state index contributed by atoms with van der Waals surface area (Å²) in [4.78, 5) is 2.71. The summed E-state index contributed by atoms with van der Waals surface area (Å²) in [6, 6.07) is 7.20. The van der Waals surface area contributed by atoms with Crippen molar-refractivity contribution in [3.05, 3.63) is 33.8 Å². The van der Waals surface area contributed by atoms with Gasteiger partial charge in [0.15, 0.2) is 0 Å². The van der Waals surface area contributed by atoms with Crippen LogP contribution in [0.25, 0.3) is 0 Å². The second-order valence-electron chi connectivity index (χ2n) is 6.39. The molecule has 0 amide bonds. The van der Waals surface area contributed by atoms with E-state index in [-0.39, 0.29) is 0 Å². The first kappa shape index (κ1) is 15.6. The molecule has 1 aromatic rings. The zero-order valence-corrected chi connectivity index (χ0v) is 14.1. The summed E-state index contributed by atoms with van der Waals surface area (Å²) in [6.07, 6.45) is 6.57. The molecule has 0 aromatic heterocycles. The molecule has 116 valence electrons. The molecule has 1 saturated carbocycles. The number of rotatable bonds is 4. The SMILES string of the molecule is CNCC1CCCCN(C2CC2)C1c1ccc(Cl)cc1Cl. The Morgan fingerprint density at radius 1 is 1.19 bits per heavy atom. The largest absolute Gasteiger partial charge is 0.319 e. The lowest BCUT2D eigenvalue weighted by atomic mass is 9.89. The molecule has 2 fully saturated rings. The zero-order valence-electron chi connectivity index (χ0n) is 12.6. The Morgan fingerprint density at radius 2 is 2.00 bits per heavy atom. The van der Waals surface area contributed by atoms with Crippen LogP contribution in [0.1, 0.15) is 43.7 Å². The van der Waals surface area contributed by atoms with E-state index in [2.05, 4.69) is 16.3 Å². The lowest BCUT2D eigenvalue weighted by Crippen LogP contribution is -2.38. The van der Waals surface area contributed by atoms with Gasteiger partial charge in [0, 0.05) is 22.1 Å². The van der Waals surface area contributed by atoms with Gasteiger partial charge in [-0.25, -0.2) is 0 Å². The highest BCUT2D eigenvalue weighted by atomic mass is 35.5. The fourth-order valence-electron chi connectivity index (χ4n) is 3.73. The maximum atomic E-state index is 6.54. The molecule has 1 heterocycles. The number of hydrogen-bond acceptors (Lipinski definition) is 2. The minimum absolute atomic E-state index is 0.428. The van der Waals surface area contributed by atoms with Crippen molar-refractivity contribution in [2.24, 2.45) is 5.92 Å². The zero-order chi connectivity index (χ0) is 14.8. The van der Waals surface area contributed by atoms with Crippen LogP contribution in [-0.2, 0) is 0 Å². The second-order valence-corrected chi connectivity index (χ2v) is 7.24. The third-order valence-corrected chi connectivity index (χ3v) is 5.37. The molecule has 4 heteroatoms. The van der Waals surface area contributed by atoms with E-state index in [1.54, 1.807) is 0 Å². The van der Waals surface area contributed by atoms with Crippen molar-refractivity contribution in [1.82, 2.24) is 10.2 Å². The molecule has 1 aromatic carbocycles. The van der Waals surface area contributed by atoms with Gasteiger partial charge >= 0.3 is 0 Å². The number of nitrogens with zero attached hydrogens (tertiary/aromatic N) is 1. The van der Waals surface area contributed by atoms with Crippen LogP contribution in [0.5, 0.6) is 0 Å². The van der Waals surface area contributed by atoms with E-state index in [4.69, 9.17) is 23.2 Å². The van der Waals surface area contributed by atoms with E-state index in [1.165, 1.54) is 44.2 Å². The average Bonchev–Trinajstić information content (AvgIpc) is 3.26. The fourth-order valence-corrected chi connectivity index (χ4v) is 4.25. The predicted octanol–water partition coefficient (Wildman–Crippen LogP) is 4.52. The van der Waals surface area contributed by atoms with Crippen LogP contribution in [0, 0.1) is 5.92 Å². The van der Waals surface area contributed by atoms with E-state index in [1.807, 2.05) is 19.2 Å². The van der Waals surface area contributed by atoms with Gasteiger partial charge in [0.2, 0.25) is 0 Å². The highest BCUT2D eigenvalue weighted by Crippen LogP contribution is 2.44. The van der Waals surface area contributed by atoms with Gasteiger partial charge in [-0.05, 0) is 69.4 Å². The smallest absolute Gasteiger partial charge is 0.0468 e. The minimum atomic E-state index is 0.428. The summed E-state index contributed by atoms with van der Waals surface area (Å²) in [6.45, 7) is 2.25. The molecule has 21 heavy (non-hydrogen) atoms. The highest BCUT2D eigenvalue weighted by molar-refractivity contribution is 6.35. The Labute approximate surface area is 137 Å². The van der Waals surface area contributed by atoms with Crippen LogP contribution < -0.4 is 5.32 Å². The standard InChI is InChI=1S/C17H24Cl2N2/c1-20-11-12-4-2-3-9-21(14-6-7-14)17(12)15-8-5-13(18)10-16(15)19/h5,8,10,12,14,17,20H,2-4,6-7,9,11H2,1H3. The Hall–Kier alpha value is -0.280. The molecule has 2 aliphatic rings. The number of halogens is 2. The van der Waals surface area contributed by atoms with Crippen molar-refractivity contribution in [1.29, 1.82) is 0 Å². The van der Waals surface area contributed by atoms with Gasteiger partial charge in [0.1, 0.15) is 0 Å². The summed E-state index contributed by atoms with van der Waals surface area (Å²) in [5, 5.41) is 4.92. The monoisotopic (exact) mass is 326 g/mol. The first-order valence-corrected chi connectivity index (χ1v) is 8.81. The van der Waals surface area contributed by atoms with Gasteiger partial charge in [-0.15, -0.1) is 0 Å². The molecule has 1 saturated heterocycles. The van der Waals surface area contributed by atoms with E-state index in [0.717, 1.165) is 22.6 Å². The van der Waals surface area contributed by atoms with Crippen LogP contribution in [-0.4, -0.2) is 31.1 Å². The molecule has 0 radical (unpaired) electrons. The Balaban J connectivity index is 1.96. The maximum Gasteiger partial charge on any atom is 0.0468 e. The quantitative estimate of drug-likeness (QED) is 0.875. The number of benzene rings is 1. The summed E-state index contributed by atoms with van der Waals surface area (Å²) < 4.78 is 0. The Bertz CT molecular complexity index is 488. The van der Waals surface area contributed by atoms with Crippen LogP contribution in [0.3, 0.4) is 0 Å². The van der Waals surface area contributed by atoms with Gasteiger partial charge in [-0.2, -0.15) is 0 Å². The van der Waals surface area contributed by atoms with Crippen molar-refractivity contribution in [3.8, 4) is 0 Å². The van der Waals surface area contributed by atoms with Crippen LogP contribution in [0.4, 0.5) is 0 Å². The summed E-state index contributed by atoms with van der Waals surface area (Å²) >= 11 is 12.6. The van der Waals surface area contributed by atoms with E-state index < -0.39 is 0 Å². The molecule has 2 unspecified atom stereocenters. The van der Waals surface area contributed by atoms with Gasteiger partial charge < -0.3 is 5.32 Å². The normalized spacial score (nSPS) is 27.6. The summed E-state index contributed by atoms with van der Waals surface area (Å²) in [5.41, 5.74) is 1.26. The maximum absolute atomic E-state index is 6.54. The molecule has 2 atom stereocenters. The summed E-state index contributed by atoms with van der Waals surface area (Å²) in [5.74, 6) is 0.622. The lowest BCUT2D eigenvalue weighted by molar-refractivity contribution is 0.145. The van der Waals surface area contributed by atoms with Gasteiger partial charge in [0.25, 0.3) is 0 Å². The van der Waals surface area contributed by atoms with E-state index >= 15 is 0 Å². The minimum Gasteiger partial charge on any atom is -0.319 e. The average molecular weight is 327 g/mol. The molecule has 1 N–H and O–H groups in total. The number of likely N-dealkylation sites (tertiary alicyclic amines) is 1. The first-order chi connectivity index (χ1) is 10.2. The molecule has 0 bridgehead atoms. The van der Waals surface area contributed by atoms with E-state index in [9.17, 15) is 0 Å². The molecule has 0 spiro atoms. The Morgan fingerprint density at radius 3 is 2.67 bits per heavy atom. The highest BCUT2D eigenvalue weighted by Gasteiger charge is 2.39. The van der Waals surface area contributed by atoms with E-state index in [0.29, 0.717) is 12.0 Å². The van der Waals surface area contributed by atoms with Crippen molar-refractivity contribution < 1.29 is 0 Å². The molecule has 2 nitrogen and oxygen atoms in total. The third-order valence-electron chi connectivity index (χ3n) is 4.81. The third kappa shape index (κ3) is 3.56. The summed E-state index contributed by atoms with van der Waals surface area (Å²) in [7, 11) is 2.05. The van der Waals surface area contributed by atoms with Crippen LogP contribution >= 0.6 is 23.2 Å². The van der Waals surface area contributed by atoms with Crippen LogP contribution in [0.2, 0.25) is 10.0 Å². The first-order valence-electron chi connectivity index (χ1n) is 8.06. The topological polar surface area (TPSA) is 15.3 Å². The van der Waals surface area contributed by atoms with Crippen molar-refractivity contribution in [3.63, 3.8) is 0 Å². The van der Waals surface area contributed by atoms with Crippen molar-refractivity contribution >= 4 is 23.2 Å². The second kappa shape index (κ2) is 6.87. The Kier molecular flexibility index (Phi) is 5.11. The van der Waals surface area contributed by atoms with Crippen molar-refractivity contribution in [2.75, 3.05) is 20.1 Å². The molecular weight excluding hydrogens is 303 g/mol. The molecular formula is C17H24Cl2N2. The lowest BCUT2D eigenvalue weighted by Gasteiger charge is -2.36. The fraction of sp³-hybridized carbons (Fsp3) is 0.647.